The van der Waals surface area contributed by atoms with Gasteiger partial charge in [0.25, 0.3) is 0 Å². The summed E-state index contributed by atoms with van der Waals surface area (Å²) in [5.74, 6) is 0. The molecule has 0 aliphatic heterocycles. The molecule has 1 unspecified atom stereocenters. The van der Waals surface area contributed by atoms with Crippen LogP contribution in [-0.4, -0.2) is 0 Å². The highest BCUT2D eigenvalue weighted by molar-refractivity contribution is 7.12. The van der Waals surface area contributed by atoms with Crippen molar-refractivity contribution in [3.63, 3.8) is 0 Å². The minimum absolute atomic E-state index is 0.0624. The van der Waals surface area contributed by atoms with Crippen molar-refractivity contribution in [2.75, 3.05) is 0 Å². The number of hydrogen-bond donors (Lipinski definition) is 1. The molecule has 1 atom stereocenters. The van der Waals surface area contributed by atoms with Crippen molar-refractivity contribution in [2.45, 2.75) is 19.9 Å². The molecule has 0 fully saturated rings. The molecule has 0 saturated carbocycles. The van der Waals surface area contributed by atoms with Gasteiger partial charge < -0.3 is 5.73 Å². The molecule has 14 heavy (non-hydrogen) atoms. The lowest BCUT2D eigenvalue weighted by atomic mass is 10.2. The smallest absolute Gasteiger partial charge is 0.0740 e. The fourth-order valence-electron chi connectivity index (χ4n) is 1.38. The Morgan fingerprint density at radius 3 is 2.50 bits per heavy atom. The average molecular weight is 223 g/mol. The highest BCUT2D eigenvalue weighted by Gasteiger charge is 2.12. The van der Waals surface area contributed by atoms with Gasteiger partial charge in [-0.3, -0.25) is 0 Å². The van der Waals surface area contributed by atoms with E-state index in [9.17, 15) is 0 Å². The first-order chi connectivity index (χ1) is 6.66. The SMILES string of the molecule is Cc1csc(C(N)c2ccc(C)s2)c1. The first kappa shape index (κ1) is 9.90. The third kappa shape index (κ3) is 1.90. The van der Waals surface area contributed by atoms with E-state index in [0.717, 1.165) is 0 Å². The summed E-state index contributed by atoms with van der Waals surface area (Å²) >= 11 is 3.53. The topological polar surface area (TPSA) is 26.0 Å². The number of hydrogen-bond acceptors (Lipinski definition) is 3. The van der Waals surface area contributed by atoms with Crippen molar-refractivity contribution < 1.29 is 0 Å². The summed E-state index contributed by atoms with van der Waals surface area (Å²) in [5.41, 5.74) is 7.46. The molecule has 0 aliphatic carbocycles. The summed E-state index contributed by atoms with van der Waals surface area (Å²) < 4.78 is 0. The summed E-state index contributed by atoms with van der Waals surface area (Å²) in [7, 11) is 0. The van der Waals surface area contributed by atoms with Crippen LogP contribution >= 0.6 is 22.7 Å². The molecule has 2 aromatic rings. The lowest BCUT2D eigenvalue weighted by Crippen LogP contribution is -2.07. The average Bonchev–Trinajstić information content (AvgIpc) is 2.73. The molecule has 0 aromatic carbocycles. The van der Waals surface area contributed by atoms with Crippen LogP contribution in [0.3, 0.4) is 0 Å². The molecule has 2 N–H and O–H groups in total. The number of thiophene rings is 2. The van der Waals surface area contributed by atoms with E-state index >= 15 is 0 Å². The number of nitrogens with two attached hydrogens (primary N) is 1. The van der Waals surface area contributed by atoms with Crippen LogP contribution in [0, 0.1) is 13.8 Å². The molecular weight excluding hydrogens is 210 g/mol. The highest BCUT2D eigenvalue weighted by Crippen LogP contribution is 2.29. The zero-order valence-electron chi connectivity index (χ0n) is 8.28. The summed E-state index contributed by atoms with van der Waals surface area (Å²) in [6.07, 6.45) is 0. The summed E-state index contributed by atoms with van der Waals surface area (Å²) in [5, 5.41) is 2.15. The maximum atomic E-state index is 6.16. The van der Waals surface area contributed by atoms with E-state index in [1.807, 2.05) is 0 Å². The first-order valence-electron chi connectivity index (χ1n) is 4.54. The molecule has 2 heterocycles. The van der Waals surface area contributed by atoms with Gasteiger partial charge in [-0.05, 0) is 43.0 Å². The van der Waals surface area contributed by atoms with Gasteiger partial charge in [0.2, 0.25) is 0 Å². The van der Waals surface area contributed by atoms with Crippen LogP contribution in [0.4, 0.5) is 0 Å². The van der Waals surface area contributed by atoms with Crippen LogP contribution < -0.4 is 5.73 Å². The monoisotopic (exact) mass is 223 g/mol. The van der Waals surface area contributed by atoms with Crippen molar-refractivity contribution in [1.82, 2.24) is 0 Å². The Hall–Kier alpha value is -0.640. The van der Waals surface area contributed by atoms with Crippen LogP contribution in [-0.2, 0) is 0 Å². The van der Waals surface area contributed by atoms with Gasteiger partial charge in [0, 0.05) is 14.6 Å². The van der Waals surface area contributed by atoms with Crippen LogP contribution in [0.1, 0.15) is 26.2 Å². The van der Waals surface area contributed by atoms with Crippen LogP contribution in [0.15, 0.2) is 23.6 Å². The van der Waals surface area contributed by atoms with Crippen molar-refractivity contribution in [3.8, 4) is 0 Å². The van der Waals surface area contributed by atoms with Gasteiger partial charge in [-0.15, -0.1) is 22.7 Å². The van der Waals surface area contributed by atoms with Gasteiger partial charge >= 0.3 is 0 Å². The second kappa shape index (κ2) is 3.85. The second-order valence-electron chi connectivity index (χ2n) is 3.45. The standard InChI is InChI=1S/C11H13NS2/c1-7-5-10(13-6-7)11(12)9-4-3-8(2)14-9/h3-6,11H,12H2,1-2H3. The molecular formula is C11H13NS2. The molecule has 3 heteroatoms. The third-order valence-electron chi connectivity index (χ3n) is 2.13. The normalized spacial score (nSPS) is 13.1. The number of rotatable bonds is 2. The molecule has 0 radical (unpaired) electrons. The molecule has 74 valence electrons. The molecule has 0 amide bonds. The van der Waals surface area contributed by atoms with Crippen LogP contribution in [0.2, 0.25) is 0 Å². The lowest BCUT2D eigenvalue weighted by molar-refractivity contribution is 0.916. The van der Waals surface area contributed by atoms with Crippen molar-refractivity contribution in [1.29, 1.82) is 0 Å². The molecule has 0 spiro atoms. The van der Waals surface area contributed by atoms with Gasteiger partial charge in [-0.1, -0.05) is 0 Å². The van der Waals surface area contributed by atoms with E-state index in [1.165, 1.54) is 20.2 Å². The molecule has 1 nitrogen and oxygen atoms in total. The van der Waals surface area contributed by atoms with E-state index in [1.54, 1.807) is 22.7 Å². The Bertz CT molecular complexity index is 388. The Kier molecular flexibility index (Phi) is 2.72. The zero-order chi connectivity index (χ0) is 10.1. The second-order valence-corrected chi connectivity index (χ2v) is 5.71. The molecule has 0 saturated heterocycles. The predicted octanol–water partition coefficient (Wildman–Crippen LogP) is 3.47. The predicted molar refractivity (Wildman–Crippen MR) is 64.1 cm³/mol. The summed E-state index contributed by atoms with van der Waals surface area (Å²) in [4.78, 5) is 3.83. The molecule has 0 aliphatic rings. The summed E-state index contributed by atoms with van der Waals surface area (Å²) in [6, 6.07) is 6.48. The van der Waals surface area contributed by atoms with E-state index in [-0.39, 0.29) is 6.04 Å². The van der Waals surface area contributed by atoms with Crippen molar-refractivity contribution in [3.05, 3.63) is 43.8 Å². The largest absolute Gasteiger partial charge is 0.319 e. The quantitative estimate of drug-likeness (QED) is 0.829. The highest BCUT2D eigenvalue weighted by atomic mass is 32.1. The van der Waals surface area contributed by atoms with Crippen LogP contribution in [0.5, 0.6) is 0 Å². The van der Waals surface area contributed by atoms with E-state index < -0.39 is 0 Å². The lowest BCUT2D eigenvalue weighted by Gasteiger charge is -2.05. The number of aryl methyl sites for hydroxylation is 2. The first-order valence-corrected chi connectivity index (χ1v) is 6.23. The van der Waals surface area contributed by atoms with Gasteiger partial charge in [0.15, 0.2) is 0 Å². The minimum atomic E-state index is 0.0624. The van der Waals surface area contributed by atoms with E-state index in [4.69, 9.17) is 5.73 Å². The van der Waals surface area contributed by atoms with Gasteiger partial charge in [0.05, 0.1) is 6.04 Å². The maximum absolute atomic E-state index is 6.16. The fourth-order valence-corrected chi connectivity index (χ4v) is 3.27. The zero-order valence-corrected chi connectivity index (χ0v) is 9.91. The Balaban J connectivity index is 2.28. The Morgan fingerprint density at radius 2 is 2.00 bits per heavy atom. The molecule has 2 aromatic heterocycles. The Labute approximate surface area is 92.2 Å². The van der Waals surface area contributed by atoms with Gasteiger partial charge in [0.1, 0.15) is 0 Å². The summed E-state index contributed by atoms with van der Waals surface area (Å²) in [6.45, 7) is 4.22. The van der Waals surface area contributed by atoms with Crippen molar-refractivity contribution >= 4 is 22.7 Å². The molecule has 2 rings (SSSR count). The minimum Gasteiger partial charge on any atom is -0.319 e. The maximum Gasteiger partial charge on any atom is 0.0740 e. The van der Waals surface area contributed by atoms with Crippen LogP contribution in [0.25, 0.3) is 0 Å². The van der Waals surface area contributed by atoms with E-state index in [0.29, 0.717) is 0 Å². The van der Waals surface area contributed by atoms with Crippen molar-refractivity contribution in [2.24, 2.45) is 5.73 Å². The third-order valence-corrected chi connectivity index (χ3v) is 4.34. The van der Waals surface area contributed by atoms with E-state index in [2.05, 4.69) is 37.4 Å². The van der Waals surface area contributed by atoms with Gasteiger partial charge in [-0.2, -0.15) is 0 Å². The molecule has 0 bridgehead atoms. The van der Waals surface area contributed by atoms with Gasteiger partial charge in [-0.25, -0.2) is 0 Å². The fraction of sp³-hybridized carbons (Fsp3) is 0.273. The Morgan fingerprint density at radius 1 is 1.21 bits per heavy atom.